The molecule has 1 aliphatic carbocycles. The molecule has 7 aromatic carbocycles. The number of thiophene rings is 1. The van der Waals surface area contributed by atoms with Gasteiger partial charge in [0.05, 0.1) is 11.6 Å². The van der Waals surface area contributed by atoms with Gasteiger partial charge in [-0.3, -0.25) is 0 Å². The summed E-state index contributed by atoms with van der Waals surface area (Å²) in [5, 5.41) is 12.2. The van der Waals surface area contributed by atoms with Crippen molar-refractivity contribution in [1.82, 2.24) is 15.0 Å². The Labute approximate surface area is 317 Å². The number of nitriles is 1. The van der Waals surface area contributed by atoms with E-state index in [1.165, 1.54) is 59.1 Å². The van der Waals surface area contributed by atoms with Gasteiger partial charge in [0.2, 0.25) is 0 Å². The highest BCUT2D eigenvalue weighted by molar-refractivity contribution is 7.26. The number of fused-ring (bicyclic) bond motifs is 6. The third-order valence-electron chi connectivity index (χ3n) is 10.8. The normalized spacial score (nSPS) is 12.8. The highest BCUT2D eigenvalue weighted by Gasteiger charge is 2.36. The van der Waals surface area contributed by atoms with E-state index in [1.54, 1.807) is 0 Å². The van der Waals surface area contributed by atoms with Crippen LogP contribution in [0.1, 0.15) is 30.5 Å². The fourth-order valence-electron chi connectivity index (χ4n) is 8.02. The van der Waals surface area contributed by atoms with Crippen LogP contribution in [0.4, 0.5) is 0 Å². The molecule has 0 saturated carbocycles. The van der Waals surface area contributed by atoms with Crippen LogP contribution in [0.15, 0.2) is 158 Å². The lowest BCUT2D eigenvalue weighted by Gasteiger charge is -2.22. The van der Waals surface area contributed by atoms with Gasteiger partial charge in [0.15, 0.2) is 17.5 Å². The smallest absolute Gasteiger partial charge is 0.164 e. The summed E-state index contributed by atoms with van der Waals surface area (Å²) in [6.07, 6.45) is 0. The summed E-state index contributed by atoms with van der Waals surface area (Å²) in [6, 6.07) is 57.4. The van der Waals surface area contributed by atoms with Crippen LogP contribution in [-0.4, -0.2) is 15.0 Å². The Morgan fingerprint density at radius 2 is 1.00 bits per heavy atom. The average Bonchev–Trinajstić information content (AvgIpc) is 3.72. The van der Waals surface area contributed by atoms with Crippen molar-refractivity contribution in [2.24, 2.45) is 0 Å². The predicted octanol–water partition coefficient (Wildman–Crippen LogP) is 12.8. The molecule has 0 amide bonds. The maximum atomic E-state index is 9.69. The highest BCUT2D eigenvalue weighted by atomic mass is 32.1. The van der Waals surface area contributed by atoms with Crippen molar-refractivity contribution >= 4 is 31.5 Å². The predicted molar refractivity (Wildman–Crippen MR) is 222 cm³/mol. The molecule has 9 aromatic rings. The maximum Gasteiger partial charge on any atom is 0.164 e. The van der Waals surface area contributed by atoms with Gasteiger partial charge in [-0.1, -0.05) is 147 Å². The molecule has 0 radical (unpaired) electrons. The minimum Gasteiger partial charge on any atom is -0.208 e. The van der Waals surface area contributed by atoms with E-state index in [2.05, 4.69) is 111 Å². The van der Waals surface area contributed by atoms with Crippen molar-refractivity contribution in [3.05, 3.63) is 174 Å². The largest absolute Gasteiger partial charge is 0.208 e. The molecule has 0 spiro atoms. The topological polar surface area (TPSA) is 62.5 Å². The minimum absolute atomic E-state index is 0.245. The van der Waals surface area contributed by atoms with Crippen LogP contribution in [-0.2, 0) is 5.41 Å². The van der Waals surface area contributed by atoms with Gasteiger partial charge in [0.1, 0.15) is 0 Å². The van der Waals surface area contributed by atoms with Gasteiger partial charge in [-0.2, -0.15) is 5.26 Å². The van der Waals surface area contributed by atoms with Crippen LogP contribution in [0.2, 0.25) is 0 Å². The SMILES string of the molecule is CC1(C)c2cc(C#N)ccc2-c2ccc(-c3c(-c4ccc(-c5nc(-c6ccccc6)nc(-c6ccccc6)n5)cc4)ccc4c3sc3ccccc34)cc21. The fourth-order valence-corrected chi connectivity index (χ4v) is 9.29. The molecular weight excluding hydrogens is 677 g/mol. The van der Waals surface area contributed by atoms with Crippen molar-refractivity contribution in [2.45, 2.75) is 19.3 Å². The molecule has 2 aromatic heterocycles. The van der Waals surface area contributed by atoms with Crippen molar-refractivity contribution in [2.75, 3.05) is 0 Å². The van der Waals surface area contributed by atoms with Gasteiger partial charge in [-0.25, -0.2) is 15.0 Å². The van der Waals surface area contributed by atoms with Crippen molar-refractivity contribution in [3.63, 3.8) is 0 Å². The molecule has 0 N–H and O–H groups in total. The summed E-state index contributed by atoms with van der Waals surface area (Å²) in [5.41, 5.74) is 12.9. The van der Waals surface area contributed by atoms with E-state index in [4.69, 9.17) is 15.0 Å². The second kappa shape index (κ2) is 12.4. The van der Waals surface area contributed by atoms with E-state index >= 15 is 0 Å². The van der Waals surface area contributed by atoms with Crippen LogP contribution in [0.5, 0.6) is 0 Å². The van der Waals surface area contributed by atoms with Gasteiger partial charge < -0.3 is 0 Å². The zero-order valence-corrected chi connectivity index (χ0v) is 30.5. The maximum absolute atomic E-state index is 9.69. The molecule has 54 heavy (non-hydrogen) atoms. The first-order chi connectivity index (χ1) is 26.5. The van der Waals surface area contributed by atoms with E-state index in [0.29, 0.717) is 23.0 Å². The molecule has 0 aliphatic heterocycles. The second-order valence-corrected chi connectivity index (χ2v) is 15.4. The number of aromatic nitrogens is 3. The van der Waals surface area contributed by atoms with Crippen LogP contribution in [0.3, 0.4) is 0 Å². The zero-order chi connectivity index (χ0) is 36.4. The number of nitrogens with zero attached hydrogens (tertiary/aromatic N) is 4. The van der Waals surface area contributed by atoms with E-state index in [9.17, 15) is 5.26 Å². The fraction of sp³-hybridized carbons (Fsp3) is 0.0612. The Hall–Kier alpha value is -6.74. The molecule has 10 rings (SSSR count). The summed E-state index contributed by atoms with van der Waals surface area (Å²) in [6.45, 7) is 4.55. The third kappa shape index (κ3) is 5.15. The first kappa shape index (κ1) is 32.0. The van der Waals surface area contributed by atoms with Crippen LogP contribution in [0, 0.1) is 11.3 Å². The monoisotopic (exact) mass is 708 g/mol. The third-order valence-corrected chi connectivity index (χ3v) is 12.0. The molecule has 0 bridgehead atoms. The Morgan fingerprint density at radius 3 is 1.65 bits per heavy atom. The summed E-state index contributed by atoms with van der Waals surface area (Å²) < 4.78 is 2.55. The van der Waals surface area contributed by atoms with Crippen LogP contribution in [0.25, 0.3) is 87.7 Å². The van der Waals surface area contributed by atoms with Gasteiger partial charge in [0, 0.05) is 47.8 Å². The molecule has 5 heteroatoms. The molecule has 1 aliphatic rings. The Morgan fingerprint density at radius 1 is 0.481 bits per heavy atom. The van der Waals surface area contributed by atoms with Crippen LogP contribution >= 0.6 is 11.3 Å². The van der Waals surface area contributed by atoms with Gasteiger partial charge in [-0.05, 0) is 63.2 Å². The molecule has 0 saturated heterocycles. The lowest BCUT2D eigenvalue weighted by Crippen LogP contribution is -2.15. The number of hydrogen-bond acceptors (Lipinski definition) is 5. The number of benzene rings is 7. The Bertz CT molecular complexity index is 2900. The van der Waals surface area contributed by atoms with E-state index in [-0.39, 0.29) is 5.41 Å². The number of rotatable bonds is 5. The first-order valence-electron chi connectivity index (χ1n) is 18.1. The second-order valence-electron chi connectivity index (χ2n) is 14.3. The molecule has 0 fully saturated rings. The highest BCUT2D eigenvalue weighted by Crippen LogP contribution is 2.52. The quantitative estimate of drug-likeness (QED) is 0.179. The van der Waals surface area contributed by atoms with Gasteiger partial charge in [0.25, 0.3) is 0 Å². The van der Waals surface area contributed by atoms with Gasteiger partial charge in [-0.15, -0.1) is 11.3 Å². The van der Waals surface area contributed by atoms with Crippen molar-refractivity contribution < 1.29 is 0 Å². The summed E-state index contributed by atoms with van der Waals surface area (Å²) in [5.74, 6) is 1.92. The molecule has 0 unspecified atom stereocenters. The lowest BCUT2D eigenvalue weighted by atomic mass is 9.80. The van der Waals surface area contributed by atoms with Crippen molar-refractivity contribution in [1.29, 1.82) is 5.26 Å². The summed E-state index contributed by atoms with van der Waals surface area (Å²) in [7, 11) is 0. The minimum atomic E-state index is -0.245. The molecule has 4 nitrogen and oxygen atoms in total. The first-order valence-corrected chi connectivity index (χ1v) is 18.9. The summed E-state index contributed by atoms with van der Waals surface area (Å²) in [4.78, 5) is 14.8. The van der Waals surface area contributed by atoms with E-state index in [1.807, 2.05) is 78.1 Å². The zero-order valence-electron chi connectivity index (χ0n) is 29.7. The van der Waals surface area contributed by atoms with E-state index < -0.39 is 0 Å². The van der Waals surface area contributed by atoms with Crippen LogP contribution < -0.4 is 0 Å². The van der Waals surface area contributed by atoms with Gasteiger partial charge >= 0.3 is 0 Å². The molecular formula is C49H32N4S. The van der Waals surface area contributed by atoms with E-state index in [0.717, 1.165) is 22.3 Å². The Kier molecular flexibility index (Phi) is 7.36. The standard InChI is InChI=1S/C49H32N4S/c1-49(2)41-27-30(29-50)17-23-37(41)38-24-22-35(28-42(38)49)44-36(25-26-40-39-15-9-10-16-43(39)54-45(40)44)31-18-20-34(21-19-31)48-52-46(32-11-5-3-6-12-32)51-47(53-48)33-13-7-4-8-14-33/h3-28H,1-2H3. The average molecular weight is 709 g/mol. The number of hydrogen-bond donors (Lipinski definition) is 0. The summed E-state index contributed by atoms with van der Waals surface area (Å²) >= 11 is 1.85. The molecule has 254 valence electrons. The lowest BCUT2D eigenvalue weighted by molar-refractivity contribution is 0.660. The molecule has 0 atom stereocenters. The van der Waals surface area contributed by atoms with Crippen molar-refractivity contribution in [3.8, 4) is 73.6 Å². The Balaban J connectivity index is 1.13. The molecule has 2 heterocycles.